The summed E-state index contributed by atoms with van der Waals surface area (Å²) in [4.78, 5) is 0. The van der Waals surface area contributed by atoms with Gasteiger partial charge in [-0.25, -0.2) is 0 Å². The van der Waals surface area contributed by atoms with E-state index in [0.29, 0.717) is 11.5 Å². The lowest BCUT2D eigenvalue weighted by atomic mass is 9.89. The molecule has 0 spiro atoms. The summed E-state index contributed by atoms with van der Waals surface area (Å²) in [6.45, 7) is 1.72. The number of hydrogen-bond donors (Lipinski definition) is 1. The van der Waals surface area contributed by atoms with Crippen LogP contribution in [0.25, 0.3) is 11.1 Å². The molecule has 0 unspecified atom stereocenters. The van der Waals surface area contributed by atoms with Crippen molar-refractivity contribution in [2.75, 3.05) is 20.2 Å². The molecule has 3 rings (SSSR count). The van der Waals surface area contributed by atoms with Gasteiger partial charge in [-0.1, -0.05) is 30.3 Å². The van der Waals surface area contributed by atoms with E-state index in [0.717, 1.165) is 36.4 Å². The zero-order valence-electron chi connectivity index (χ0n) is 12.1. The predicted octanol–water partition coefficient (Wildman–Crippen LogP) is 3.31. The molecule has 0 aliphatic carbocycles. The van der Waals surface area contributed by atoms with Gasteiger partial charge in [0.15, 0.2) is 0 Å². The van der Waals surface area contributed by atoms with E-state index in [1.54, 1.807) is 0 Å². The van der Waals surface area contributed by atoms with Crippen LogP contribution in [-0.2, 0) is 0 Å². The van der Waals surface area contributed by atoms with Crippen LogP contribution in [0.3, 0.4) is 0 Å². The Morgan fingerprint density at radius 1 is 1.24 bits per heavy atom. The first-order valence-electron chi connectivity index (χ1n) is 7.24. The maximum Gasteiger partial charge on any atom is 0.130 e. The highest BCUT2D eigenvalue weighted by molar-refractivity contribution is 5.73. The third kappa shape index (κ3) is 2.63. The normalized spacial score (nSPS) is 16.7. The van der Waals surface area contributed by atoms with Crippen LogP contribution in [-0.4, -0.2) is 20.2 Å². The zero-order chi connectivity index (χ0) is 14.7. The van der Waals surface area contributed by atoms with E-state index in [-0.39, 0.29) is 0 Å². The molecule has 1 aliphatic heterocycles. The standard InChI is InChI=1S/C18H18N2O/c1-20-12-15-9-10-21-18-16(3-2-4-17(15)18)14-7-5-13(11-19)6-8-14/h2-8,15,20H,9-10,12H2,1H3/t15-/m1/s1. The van der Waals surface area contributed by atoms with Crippen molar-refractivity contribution in [1.29, 1.82) is 5.26 Å². The number of nitrogens with one attached hydrogen (secondary N) is 1. The predicted molar refractivity (Wildman–Crippen MR) is 83.4 cm³/mol. The number of ether oxygens (including phenoxy) is 1. The second kappa shape index (κ2) is 5.99. The SMILES string of the molecule is CNC[C@H]1CCOc2c(-c3ccc(C#N)cc3)cccc21. The van der Waals surface area contributed by atoms with Crippen molar-refractivity contribution < 1.29 is 4.74 Å². The quantitative estimate of drug-likeness (QED) is 0.936. The highest BCUT2D eigenvalue weighted by atomic mass is 16.5. The maximum absolute atomic E-state index is 8.90. The van der Waals surface area contributed by atoms with Crippen LogP contribution in [0, 0.1) is 11.3 Å². The number of benzene rings is 2. The Hall–Kier alpha value is -2.31. The van der Waals surface area contributed by atoms with Crippen LogP contribution in [0.5, 0.6) is 5.75 Å². The maximum atomic E-state index is 8.90. The van der Waals surface area contributed by atoms with Gasteiger partial charge in [0.25, 0.3) is 0 Å². The molecule has 3 heteroatoms. The average Bonchev–Trinajstić information content (AvgIpc) is 2.55. The summed E-state index contributed by atoms with van der Waals surface area (Å²) in [5.74, 6) is 1.49. The van der Waals surface area contributed by atoms with Crippen molar-refractivity contribution in [3.05, 3.63) is 53.6 Å². The van der Waals surface area contributed by atoms with Crippen LogP contribution in [0.2, 0.25) is 0 Å². The molecule has 3 nitrogen and oxygen atoms in total. The first-order valence-corrected chi connectivity index (χ1v) is 7.24. The van der Waals surface area contributed by atoms with Crippen molar-refractivity contribution in [2.45, 2.75) is 12.3 Å². The molecule has 2 aromatic carbocycles. The Morgan fingerprint density at radius 3 is 2.76 bits per heavy atom. The summed E-state index contributed by atoms with van der Waals surface area (Å²) in [6.07, 6.45) is 1.05. The zero-order valence-corrected chi connectivity index (χ0v) is 12.1. The van der Waals surface area contributed by atoms with Gasteiger partial charge in [-0.05, 0) is 36.7 Å². The molecular weight excluding hydrogens is 260 g/mol. The third-order valence-corrected chi connectivity index (χ3v) is 3.97. The lowest BCUT2D eigenvalue weighted by Gasteiger charge is -2.27. The fourth-order valence-corrected chi connectivity index (χ4v) is 2.91. The number of nitrogens with zero attached hydrogens (tertiary/aromatic N) is 1. The molecule has 0 saturated heterocycles. The molecule has 0 radical (unpaired) electrons. The average molecular weight is 278 g/mol. The lowest BCUT2D eigenvalue weighted by molar-refractivity contribution is 0.267. The smallest absolute Gasteiger partial charge is 0.130 e. The van der Waals surface area contributed by atoms with Crippen LogP contribution in [0.4, 0.5) is 0 Å². The molecule has 21 heavy (non-hydrogen) atoms. The fraction of sp³-hybridized carbons (Fsp3) is 0.278. The fourth-order valence-electron chi connectivity index (χ4n) is 2.91. The monoisotopic (exact) mass is 278 g/mol. The van der Waals surface area contributed by atoms with Gasteiger partial charge in [0.1, 0.15) is 5.75 Å². The van der Waals surface area contributed by atoms with E-state index in [1.165, 1.54) is 5.56 Å². The van der Waals surface area contributed by atoms with E-state index in [4.69, 9.17) is 10.00 Å². The van der Waals surface area contributed by atoms with Gasteiger partial charge in [0.05, 0.1) is 18.2 Å². The van der Waals surface area contributed by atoms with Gasteiger partial charge >= 0.3 is 0 Å². The van der Waals surface area contributed by atoms with Crippen molar-refractivity contribution in [3.8, 4) is 22.9 Å². The number of fused-ring (bicyclic) bond motifs is 1. The molecule has 0 amide bonds. The van der Waals surface area contributed by atoms with Crippen LogP contribution >= 0.6 is 0 Å². The van der Waals surface area contributed by atoms with E-state index < -0.39 is 0 Å². The van der Waals surface area contributed by atoms with Crippen molar-refractivity contribution in [3.63, 3.8) is 0 Å². The topological polar surface area (TPSA) is 45.0 Å². The third-order valence-electron chi connectivity index (χ3n) is 3.97. The number of hydrogen-bond acceptors (Lipinski definition) is 3. The molecular formula is C18H18N2O. The summed E-state index contributed by atoms with van der Waals surface area (Å²) in [5.41, 5.74) is 4.16. The van der Waals surface area contributed by atoms with Crippen LogP contribution in [0.1, 0.15) is 23.5 Å². The molecule has 1 N–H and O–H groups in total. The molecule has 1 atom stereocenters. The summed E-state index contributed by atoms with van der Waals surface area (Å²) >= 11 is 0. The lowest BCUT2D eigenvalue weighted by Crippen LogP contribution is -2.23. The van der Waals surface area contributed by atoms with E-state index in [1.807, 2.05) is 31.3 Å². The minimum atomic E-state index is 0.497. The number of likely N-dealkylation sites (N-methyl/N-ethyl adjacent to an activating group) is 1. The number of para-hydroxylation sites is 1. The Balaban J connectivity index is 2.03. The highest BCUT2D eigenvalue weighted by Gasteiger charge is 2.23. The second-order valence-electron chi connectivity index (χ2n) is 5.30. The summed E-state index contributed by atoms with van der Waals surface area (Å²) < 4.78 is 5.95. The van der Waals surface area contributed by atoms with Gasteiger partial charge < -0.3 is 10.1 Å². The first kappa shape index (κ1) is 13.7. The van der Waals surface area contributed by atoms with E-state index in [9.17, 15) is 0 Å². The highest BCUT2D eigenvalue weighted by Crippen LogP contribution is 2.40. The molecule has 1 aliphatic rings. The van der Waals surface area contributed by atoms with Crippen LogP contribution in [0.15, 0.2) is 42.5 Å². The Labute approximate surface area is 125 Å². The second-order valence-corrected chi connectivity index (χ2v) is 5.30. The molecule has 0 aromatic heterocycles. The number of nitriles is 1. The van der Waals surface area contributed by atoms with Gasteiger partial charge in [-0.3, -0.25) is 0 Å². The van der Waals surface area contributed by atoms with Crippen LogP contribution < -0.4 is 10.1 Å². The number of rotatable bonds is 3. The van der Waals surface area contributed by atoms with Gasteiger partial charge in [0.2, 0.25) is 0 Å². The molecule has 2 aromatic rings. The molecule has 0 fully saturated rings. The summed E-state index contributed by atoms with van der Waals surface area (Å²) in [6, 6.07) is 16.2. The Morgan fingerprint density at radius 2 is 2.05 bits per heavy atom. The van der Waals surface area contributed by atoms with Gasteiger partial charge in [-0.2, -0.15) is 5.26 Å². The molecule has 0 saturated carbocycles. The first-order chi connectivity index (χ1) is 10.3. The molecule has 0 bridgehead atoms. The summed E-state index contributed by atoms with van der Waals surface area (Å²) in [7, 11) is 1.99. The van der Waals surface area contributed by atoms with E-state index >= 15 is 0 Å². The van der Waals surface area contributed by atoms with Gasteiger partial charge in [-0.15, -0.1) is 0 Å². The van der Waals surface area contributed by atoms with Crippen molar-refractivity contribution >= 4 is 0 Å². The molecule has 106 valence electrons. The minimum Gasteiger partial charge on any atom is -0.493 e. The minimum absolute atomic E-state index is 0.497. The van der Waals surface area contributed by atoms with Gasteiger partial charge in [0, 0.05) is 18.0 Å². The van der Waals surface area contributed by atoms with E-state index in [2.05, 4.69) is 29.6 Å². The molecule has 1 heterocycles. The largest absolute Gasteiger partial charge is 0.493 e. The van der Waals surface area contributed by atoms with Crippen molar-refractivity contribution in [2.24, 2.45) is 0 Å². The summed E-state index contributed by atoms with van der Waals surface area (Å²) in [5, 5.41) is 12.2. The Kier molecular flexibility index (Phi) is 3.89. The Bertz CT molecular complexity index is 671. The van der Waals surface area contributed by atoms with Crippen molar-refractivity contribution in [1.82, 2.24) is 5.32 Å².